The van der Waals surface area contributed by atoms with Crippen molar-refractivity contribution in [1.82, 2.24) is 4.90 Å². The van der Waals surface area contributed by atoms with E-state index in [0.717, 1.165) is 13.1 Å². The summed E-state index contributed by atoms with van der Waals surface area (Å²) in [6.07, 6.45) is 0.104. The molecule has 0 amide bonds. The smallest absolute Gasteiger partial charge is 0.211 e. The topological polar surface area (TPSA) is 29.5 Å². The number of hydrogen-bond donors (Lipinski definition) is 0. The Hall–Kier alpha value is 0.0200. The van der Waals surface area contributed by atoms with Gasteiger partial charge in [-0.25, -0.2) is 0 Å². The Balaban J connectivity index is 2.12. The van der Waals surface area contributed by atoms with E-state index >= 15 is 0 Å². The molecule has 1 saturated heterocycles. The van der Waals surface area contributed by atoms with E-state index in [0.29, 0.717) is 6.61 Å². The Morgan fingerprint density at radius 3 is 2.89 bits per heavy atom. The highest BCUT2D eigenvalue weighted by molar-refractivity contribution is 14.1. The highest BCUT2D eigenvalue weighted by Crippen LogP contribution is 2.31. The number of aryl methyl sites for hydroxylation is 1. The molecule has 0 bridgehead atoms. The van der Waals surface area contributed by atoms with Crippen LogP contribution in [-0.4, -0.2) is 33.9 Å². The minimum atomic E-state index is -0.408. The van der Waals surface area contributed by atoms with Crippen LogP contribution >= 0.6 is 33.9 Å². The molecule has 100 valence electrons. The van der Waals surface area contributed by atoms with Crippen molar-refractivity contribution in [2.75, 3.05) is 19.7 Å². The second-order valence-electron chi connectivity index (χ2n) is 5.16. The average molecular weight is 379 g/mol. The number of halogens is 1. The molecule has 0 saturated carbocycles. The maximum atomic E-state index is 11.7. The second kappa shape index (κ2) is 5.56. The molecule has 18 heavy (non-hydrogen) atoms. The van der Waals surface area contributed by atoms with Crippen LogP contribution in [0.1, 0.15) is 30.4 Å². The Morgan fingerprint density at radius 2 is 2.33 bits per heavy atom. The Morgan fingerprint density at radius 1 is 1.61 bits per heavy atom. The van der Waals surface area contributed by atoms with Crippen molar-refractivity contribution < 1.29 is 9.53 Å². The van der Waals surface area contributed by atoms with E-state index in [9.17, 15) is 4.79 Å². The standard InChI is InChI=1S/C13H18INO2S/c1-9-6-11(18-8-9)10-7-15(4-5-17-10)13(2,3)12(14)16/h6,8,10H,4-5,7H2,1-3H3. The fourth-order valence-electron chi connectivity index (χ4n) is 2.08. The Kier molecular flexibility index (Phi) is 4.46. The van der Waals surface area contributed by atoms with Gasteiger partial charge in [0.2, 0.25) is 3.79 Å². The van der Waals surface area contributed by atoms with E-state index in [4.69, 9.17) is 4.74 Å². The first-order valence-electron chi connectivity index (χ1n) is 6.03. The molecule has 1 fully saturated rings. The summed E-state index contributed by atoms with van der Waals surface area (Å²) in [6, 6.07) is 2.18. The zero-order valence-corrected chi connectivity index (χ0v) is 13.9. The van der Waals surface area contributed by atoms with Crippen LogP contribution in [0, 0.1) is 6.92 Å². The van der Waals surface area contributed by atoms with Crippen molar-refractivity contribution in [2.45, 2.75) is 32.4 Å². The van der Waals surface area contributed by atoms with Gasteiger partial charge in [-0.1, -0.05) is 0 Å². The van der Waals surface area contributed by atoms with E-state index in [2.05, 4.69) is 23.3 Å². The van der Waals surface area contributed by atoms with Crippen LogP contribution in [0.25, 0.3) is 0 Å². The molecule has 5 heteroatoms. The van der Waals surface area contributed by atoms with Crippen LogP contribution in [-0.2, 0) is 9.53 Å². The first-order valence-corrected chi connectivity index (χ1v) is 7.98. The second-order valence-corrected chi connectivity index (χ2v) is 7.09. The zero-order valence-electron chi connectivity index (χ0n) is 10.9. The van der Waals surface area contributed by atoms with Gasteiger partial charge in [0.15, 0.2) is 0 Å². The monoisotopic (exact) mass is 379 g/mol. The number of rotatable bonds is 3. The highest BCUT2D eigenvalue weighted by Gasteiger charge is 2.36. The summed E-state index contributed by atoms with van der Waals surface area (Å²) in [5.74, 6) is 0. The van der Waals surface area contributed by atoms with Gasteiger partial charge in [0.1, 0.15) is 6.10 Å². The fourth-order valence-corrected chi connectivity index (χ4v) is 3.36. The van der Waals surface area contributed by atoms with Crippen LogP contribution < -0.4 is 0 Å². The molecule has 1 atom stereocenters. The van der Waals surface area contributed by atoms with Gasteiger partial charge < -0.3 is 4.74 Å². The van der Waals surface area contributed by atoms with E-state index < -0.39 is 5.54 Å². The number of ether oxygens (including phenoxy) is 1. The summed E-state index contributed by atoms with van der Waals surface area (Å²) in [5, 5.41) is 2.15. The Labute approximate surface area is 126 Å². The lowest BCUT2D eigenvalue weighted by Crippen LogP contribution is -2.53. The molecule has 0 aliphatic carbocycles. The van der Waals surface area contributed by atoms with Gasteiger partial charge in [0.05, 0.1) is 12.1 Å². The minimum absolute atomic E-state index is 0.104. The lowest BCUT2D eigenvalue weighted by Gasteiger charge is -2.41. The fraction of sp³-hybridized carbons (Fsp3) is 0.615. The van der Waals surface area contributed by atoms with Gasteiger partial charge in [-0.15, -0.1) is 11.3 Å². The summed E-state index contributed by atoms with van der Waals surface area (Å²) < 4.78 is 6.02. The molecule has 1 unspecified atom stereocenters. The highest BCUT2D eigenvalue weighted by atomic mass is 127. The third-order valence-electron chi connectivity index (χ3n) is 3.41. The minimum Gasteiger partial charge on any atom is -0.370 e. The van der Waals surface area contributed by atoms with Crippen molar-refractivity contribution in [3.63, 3.8) is 0 Å². The van der Waals surface area contributed by atoms with Gasteiger partial charge in [-0.05, 0) is 37.8 Å². The van der Waals surface area contributed by atoms with E-state index in [1.165, 1.54) is 10.4 Å². The number of carbonyl (C=O) groups is 1. The summed E-state index contributed by atoms with van der Waals surface area (Å²) in [5.41, 5.74) is 0.870. The number of carbonyl (C=O) groups excluding carboxylic acids is 1. The number of hydrogen-bond acceptors (Lipinski definition) is 4. The van der Waals surface area contributed by atoms with E-state index in [-0.39, 0.29) is 9.89 Å². The summed E-state index contributed by atoms with van der Waals surface area (Å²) >= 11 is 3.63. The van der Waals surface area contributed by atoms with Crippen molar-refractivity contribution >= 4 is 37.7 Å². The van der Waals surface area contributed by atoms with Gasteiger partial charge in [0.25, 0.3) is 0 Å². The molecule has 1 aliphatic rings. The molecule has 1 aromatic rings. The zero-order chi connectivity index (χ0) is 13.3. The van der Waals surface area contributed by atoms with Crippen molar-refractivity contribution in [2.24, 2.45) is 0 Å². The van der Waals surface area contributed by atoms with Crippen LogP contribution in [0.15, 0.2) is 11.4 Å². The predicted molar refractivity (Wildman–Crippen MR) is 82.4 cm³/mol. The Bertz CT molecular complexity index is 444. The molecule has 0 spiro atoms. The van der Waals surface area contributed by atoms with Crippen LogP contribution in [0.2, 0.25) is 0 Å². The third kappa shape index (κ3) is 2.95. The number of nitrogens with zero attached hydrogens (tertiary/aromatic N) is 1. The van der Waals surface area contributed by atoms with Gasteiger partial charge in [-0.3, -0.25) is 9.69 Å². The summed E-state index contributed by atoms with van der Waals surface area (Å²) in [6.45, 7) is 8.38. The first kappa shape index (κ1) is 14.4. The maximum absolute atomic E-state index is 11.7. The molecule has 1 aromatic heterocycles. The van der Waals surface area contributed by atoms with Crippen LogP contribution in [0.4, 0.5) is 0 Å². The molecule has 0 N–H and O–H groups in total. The van der Waals surface area contributed by atoms with Crippen molar-refractivity contribution in [3.05, 3.63) is 21.9 Å². The molecule has 0 aromatic carbocycles. The van der Waals surface area contributed by atoms with Crippen molar-refractivity contribution in [3.8, 4) is 0 Å². The largest absolute Gasteiger partial charge is 0.370 e. The lowest BCUT2D eigenvalue weighted by atomic mass is 10.0. The van der Waals surface area contributed by atoms with Crippen molar-refractivity contribution in [1.29, 1.82) is 0 Å². The van der Waals surface area contributed by atoms with Gasteiger partial charge in [-0.2, -0.15) is 0 Å². The van der Waals surface area contributed by atoms with Crippen LogP contribution in [0.3, 0.4) is 0 Å². The molecular formula is C13H18INO2S. The molecule has 3 nitrogen and oxygen atoms in total. The number of morpholine rings is 1. The van der Waals surface area contributed by atoms with E-state index in [1.807, 2.05) is 36.4 Å². The normalized spacial score (nSPS) is 22.1. The SMILES string of the molecule is Cc1csc(C2CN(C(C)(C)C(=O)I)CCO2)c1. The molecule has 0 radical (unpaired) electrons. The number of thiophene rings is 1. The van der Waals surface area contributed by atoms with Crippen LogP contribution in [0.5, 0.6) is 0 Å². The predicted octanol–water partition coefficient (Wildman–Crippen LogP) is 3.17. The average Bonchev–Trinajstić information content (AvgIpc) is 2.76. The van der Waals surface area contributed by atoms with E-state index in [1.54, 1.807) is 11.3 Å². The summed E-state index contributed by atoms with van der Waals surface area (Å²) in [4.78, 5) is 15.2. The third-order valence-corrected chi connectivity index (χ3v) is 5.87. The molecule has 2 rings (SSSR count). The lowest BCUT2D eigenvalue weighted by molar-refractivity contribution is -0.124. The molecular weight excluding hydrogens is 361 g/mol. The quantitative estimate of drug-likeness (QED) is 0.597. The van der Waals surface area contributed by atoms with Gasteiger partial charge in [0, 0.05) is 40.6 Å². The summed E-state index contributed by atoms with van der Waals surface area (Å²) in [7, 11) is 0. The molecule has 2 heterocycles. The maximum Gasteiger partial charge on any atom is 0.211 e. The molecule has 1 aliphatic heterocycles. The van der Waals surface area contributed by atoms with Gasteiger partial charge >= 0.3 is 0 Å². The first-order chi connectivity index (χ1) is 8.41.